The molecule has 0 atom stereocenters. The highest BCUT2D eigenvalue weighted by atomic mass is 35.5. The van der Waals surface area contributed by atoms with Gasteiger partial charge in [0.1, 0.15) is 0 Å². The maximum atomic E-state index is 12.0. The van der Waals surface area contributed by atoms with Crippen molar-refractivity contribution in [1.82, 2.24) is 4.90 Å². The van der Waals surface area contributed by atoms with E-state index in [4.69, 9.17) is 28.9 Å². The number of amides is 2. The van der Waals surface area contributed by atoms with Crippen molar-refractivity contribution in [2.75, 3.05) is 25.0 Å². The zero-order valence-corrected chi connectivity index (χ0v) is 13.4. The average molecular weight is 332 g/mol. The van der Waals surface area contributed by atoms with Crippen LogP contribution in [0.2, 0.25) is 10.0 Å². The van der Waals surface area contributed by atoms with Gasteiger partial charge in [0.05, 0.1) is 17.3 Å². The lowest BCUT2D eigenvalue weighted by atomic mass is 10.3. The summed E-state index contributed by atoms with van der Waals surface area (Å²) >= 11 is 11.8. The highest BCUT2D eigenvalue weighted by molar-refractivity contribution is 6.35. The van der Waals surface area contributed by atoms with Crippen molar-refractivity contribution in [1.29, 1.82) is 0 Å². The summed E-state index contributed by atoms with van der Waals surface area (Å²) in [5.74, 6) is -0.454. The Morgan fingerprint density at radius 2 is 2.05 bits per heavy atom. The van der Waals surface area contributed by atoms with Crippen molar-refractivity contribution < 1.29 is 9.59 Å². The van der Waals surface area contributed by atoms with Crippen molar-refractivity contribution in [3.63, 3.8) is 0 Å². The first kappa shape index (κ1) is 17.8. The van der Waals surface area contributed by atoms with Gasteiger partial charge in [0.25, 0.3) is 0 Å². The number of benzene rings is 1. The van der Waals surface area contributed by atoms with Crippen LogP contribution in [0, 0.1) is 0 Å². The van der Waals surface area contributed by atoms with E-state index in [0.29, 0.717) is 22.3 Å². The lowest BCUT2D eigenvalue weighted by Crippen LogP contribution is -2.39. The van der Waals surface area contributed by atoms with Crippen LogP contribution < -0.4 is 11.1 Å². The number of hydrogen-bond donors (Lipinski definition) is 2. The second-order valence-electron chi connectivity index (χ2n) is 4.53. The SMILES string of the molecule is CCCN(CC(=O)Nc1cc(Cl)ccc1Cl)C(=O)CCN. The highest BCUT2D eigenvalue weighted by Gasteiger charge is 2.16. The molecule has 0 aliphatic heterocycles. The zero-order valence-electron chi connectivity index (χ0n) is 11.9. The van der Waals surface area contributed by atoms with E-state index >= 15 is 0 Å². The molecule has 0 aliphatic carbocycles. The number of hydrogen-bond acceptors (Lipinski definition) is 3. The molecule has 0 aromatic heterocycles. The Bertz CT molecular complexity index is 509. The summed E-state index contributed by atoms with van der Waals surface area (Å²) in [7, 11) is 0. The van der Waals surface area contributed by atoms with Gasteiger partial charge in [-0.2, -0.15) is 0 Å². The Balaban J connectivity index is 2.69. The van der Waals surface area contributed by atoms with Crippen LogP contribution in [0.15, 0.2) is 18.2 Å². The van der Waals surface area contributed by atoms with Crippen LogP contribution in [0.3, 0.4) is 0 Å². The fourth-order valence-electron chi connectivity index (χ4n) is 1.80. The summed E-state index contributed by atoms with van der Waals surface area (Å²) in [5, 5.41) is 3.52. The largest absolute Gasteiger partial charge is 0.333 e. The van der Waals surface area contributed by atoms with Crippen molar-refractivity contribution in [2.24, 2.45) is 5.73 Å². The van der Waals surface area contributed by atoms with E-state index in [9.17, 15) is 9.59 Å². The van der Waals surface area contributed by atoms with E-state index in [1.807, 2.05) is 6.92 Å². The lowest BCUT2D eigenvalue weighted by Gasteiger charge is -2.21. The molecule has 0 radical (unpaired) electrons. The molecule has 2 amide bonds. The van der Waals surface area contributed by atoms with Gasteiger partial charge in [-0.25, -0.2) is 0 Å². The summed E-state index contributed by atoms with van der Waals surface area (Å²) in [5.41, 5.74) is 5.80. The van der Waals surface area contributed by atoms with Crippen molar-refractivity contribution >= 4 is 40.7 Å². The minimum atomic E-state index is -0.321. The van der Waals surface area contributed by atoms with Crippen LogP contribution in [-0.2, 0) is 9.59 Å². The number of carbonyl (C=O) groups excluding carboxylic acids is 2. The number of anilines is 1. The normalized spacial score (nSPS) is 10.3. The Hall–Kier alpha value is -1.30. The van der Waals surface area contributed by atoms with E-state index in [1.165, 1.54) is 4.90 Å². The van der Waals surface area contributed by atoms with Crippen LogP contribution >= 0.6 is 23.2 Å². The van der Waals surface area contributed by atoms with E-state index < -0.39 is 0 Å². The monoisotopic (exact) mass is 331 g/mol. The number of nitrogens with two attached hydrogens (primary N) is 1. The third-order valence-electron chi connectivity index (χ3n) is 2.74. The Labute approximate surface area is 134 Å². The number of nitrogens with one attached hydrogen (secondary N) is 1. The summed E-state index contributed by atoms with van der Waals surface area (Å²) < 4.78 is 0. The molecule has 0 aliphatic rings. The van der Waals surface area contributed by atoms with Gasteiger partial charge >= 0.3 is 0 Å². The van der Waals surface area contributed by atoms with Crippen LogP contribution in [-0.4, -0.2) is 36.3 Å². The van der Waals surface area contributed by atoms with Gasteiger partial charge in [-0.05, 0) is 24.6 Å². The molecule has 0 fully saturated rings. The average Bonchev–Trinajstić information content (AvgIpc) is 2.42. The van der Waals surface area contributed by atoms with E-state index in [2.05, 4.69) is 5.32 Å². The van der Waals surface area contributed by atoms with E-state index in [-0.39, 0.29) is 31.3 Å². The number of rotatable bonds is 7. The van der Waals surface area contributed by atoms with Gasteiger partial charge in [-0.1, -0.05) is 30.1 Å². The maximum absolute atomic E-state index is 12.0. The van der Waals surface area contributed by atoms with Crippen LogP contribution in [0.4, 0.5) is 5.69 Å². The molecule has 21 heavy (non-hydrogen) atoms. The Morgan fingerprint density at radius 3 is 2.67 bits per heavy atom. The van der Waals surface area contributed by atoms with Crippen LogP contribution in [0.25, 0.3) is 0 Å². The topological polar surface area (TPSA) is 75.4 Å². The first-order valence-corrected chi connectivity index (χ1v) is 7.46. The standard InChI is InChI=1S/C14H19Cl2N3O2/c1-2-7-19(14(21)5-6-17)9-13(20)18-12-8-10(15)3-4-11(12)16/h3-4,8H,2,5-7,9,17H2,1H3,(H,18,20). The molecule has 5 nitrogen and oxygen atoms in total. The van der Waals surface area contributed by atoms with Gasteiger partial charge in [-0.3, -0.25) is 9.59 Å². The van der Waals surface area contributed by atoms with Crippen molar-refractivity contribution in [3.8, 4) is 0 Å². The summed E-state index contributed by atoms with van der Waals surface area (Å²) in [6, 6.07) is 4.80. The molecule has 0 spiro atoms. The molecule has 0 bridgehead atoms. The molecule has 116 valence electrons. The highest BCUT2D eigenvalue weighted by Crippen LogP contribution is 2.25. The van der Waals surface area contributed by atoms with E-state index in [1.54, 1.807) is 18.2 Å². The molecule has 1 aromatic rings. The molecule has 3 N–H and O–H groups in total. The fourth-order valence-corrected chi connectivity index (χ4v) is 2.14. The van der Waals surface area contributed by atoms with E-state index in [0.717, 1.165) is 6.42 Å². The lowest BCUT2D eigenvalue weighted by molar-refractivity contribution is -0.134. The maximum Gasteiger partial charge on any atom is 0.244 e. The second kappa shape index (κ2) is 8.87. The second-order valence-corrected chi connectivity index (χ2v) is 5.37. The van der Waals surface area contributed by atoms with Crippen molar-refractivity contribution in [2.45, 2.75) is 19.8 Å². The Kier molecular flexibility index (Phi) is 7.50. The minimum absolute atomic E-state index is 0.0322. The molecule has 0 unspecified atom stereocenters. The van der Waals surface area contributed by atoms with Crippen LogP contribution in [0.5, 0.6) is 0 Å². The summed E-state index contributed by atoms with van der Waals surface area (Å²) in [6.45, 7) is 2.68. The minimum Gasteiger partial charge on any atom is -0.333 e. The van der Waals surface area contributed by atoms with Crippen LogP contribution in [0.1, 0.15) is 19.8 Å². The molecule has 0 saturated heterocycles. The molecular weight excluding hydrogens is 313 g/mol. The fraction of sp³-hybridized carbons (Fsp3) is 0.429. The quantitative estimate of drug-likeness (QED) is 0.806. The first-order valence-electron chi connectivity index (χ1n) is 6.70. The number of carbonyl (C=O) groups is 2. The molecule has 1 rings (SSSR count). The van der Waals surface area contributed by atoms with Crippen molar-refractivity contribution in [3.05, 3.63) is 28.2 Å². The predicted molar refractivity (Wildman–Crippen MR) is 85.6 cm³/mol. The zero-order chi connectivity index (χ0) is 15.8. The molecule has 7 heteroatoms. The third kappa shape index (κ3) is 5.91. The van der Waals surface area contributed by atoms with Gasteiger partial charge in [0, 0.05) is 24.5 Å². The molecule has 0 heterocycles. The summed E-state index contributed by atoms with van der Waals surface area (Å²) in [6.07, 6.45) is 0.993. The predicted octanol–water partition coefficient (Wildman–Crippen LogP) is 2.52. The van der Waals surface area contributed by atoms with Gasteiger partial charge in [-0.15, -0.1) is 0 Å². The number of nitrogens with zero attached hydrogens (tertiary/aromatic N) is 1. The molecule has 1 aromatic carbocycles. The summed E-state index contributed by atoms with van der Waals surface area (Å²) in [4.78, 5) is 25.4. The molecule has 0 saturated carbocycles. The van der Waals surface area contributed by atoms with Gasteiger partial charge < -0.3 is 16.0 Å². The van der Waals surface area contributed by atoms with Gasteiger partial charge in [0.2, 0.25) is 11.8 Å². The van der Waals surface area contributed by atoms with Gasteiger partial charge in [0.15, 0.2) is 0 Å². The number of halogens is 2. The molecular formula is C14H19Cl2N3O2. The third-order valence-corrected chi connectivity index (χ3v) is 3.31. The smallest absolute Gasteiger partial charge is 0.244 e. The Morgan fingerprint density at radius 1 is 1.33 bits per heavy atom. The first-order chi connectivity index (χ1) is 9.97.